The first-order valence-corrected chi connectivity index (χ1v) is 7.82. The predicted octanol–water partition coefficient (Wildman–Crippen LogP) is 4.76. The second-order valence-corrected chi connectivity index (χ2v) is 6.06. The van der Waals surface area contributed by atoms with Crippen LogP contribution in [0.3, 0.4) is 0 Å². The summed E-state index contributed by atoms with van der Waals surface area (Å²) in [6, 6.07) is 12.9. The van der Waals surface area contributed by atoms with Crippen molar-refractivity contribution in [2.75, 3.05) is 5.32 Å². The lowest BCUT2D eigenvalue weighted by molar-refractivity contribution is 0.102. The third kappa shape index (κ3) is 2.91. The van der Waals surface area contributed by atoms with Crippen molar-refractivity contribution in [2.24, 2.45) is 0 Å². The lowest BCUT2D eigenvalue weighted by Crippen LogP contribution is -2.11. The SMILES string of the molecule is CCc1cccc2sc(NC(=O)c3ccc(Cl)cc3)nc12. The fourth-order valence-corrected chi connectivity index (χ4v) is 3.15. The second-order valence-electron chi connectivity index (χ2n) is 4.60. The summed E-state index contributed by atoms with van der Waals surface area (Å²) >= 11 is 7.31. The molecule has 106 valence electrons. The molecule has 0 saturated carbocycles. The van der Waals surface area contributed by atoms with Gasteiger partial charge in [0, 0.05) is 10.6 Å². The van der Waals surface area contributed by atoms with Gasteiger partial charge in [0.15, 0.2) is 5.13 Å². The zero-order valence-electron chi connectivity index (χ0n) is 11.4. The van der Waals surface area contributed by atoms with E-state index in [0.717, 1.165) is 16.6 Å². The number of halogens is 1. The number of carbonyl (C=O) groups excluding carboxylic acids is 1. The number of carbonyl (C=O) groups is 1. The third-order valence-corrected chi connectivity index (χ3v) is 4.40. The number of amides is 1. The van der Waals surface area contributed by atoms with Crippen molar-refractivity contribution in [3.63, 3.8) is 0 Å². The molecule has 0 atom stereocenters. The van der Waals surface area contributed by atoms with Crippen molar-refractivity contribution in [1.82, 2.24) is 4.98 Å². The maximum absolute atomic E-state index is 12.2. The Kier molecular flexibility index (Phi) is 3.90. The number of aryl methyl sites for hydroxylation is 1. The molecule has 0 aliphatic heterocycles. The molecule has 5 heteroatoms. The van der Waals surface area contributed by atoms with Crippen LogP contribution in [0.15, 0.2) is 42.5 Å². The fourth-order valence-electron chi connectivity index (χ4n) is 2.11. The van der Waals surface area contributed by atoms with E-state index in [9.17, 15) is 4.79 Å². The van der Waals surface area contributed by atoms with E-state index in [1.165, 1.54) is 16.9 Å². The minimum absolute atomic E-state index is 0.177. The lowest BCUT2D eigenvalue weighted by Gasteiger charge is -2.01. The highest BCUT2D eigenvalue weighted by molar-refractivity contribution is 7.22. The molecule has 3 nitrogen and oxygen atoms in total. The van der Waals surface area contributed by atoms with Gasteiger partial charge in [-0.25, -0.2) is 4.98 Å². The highest BCUT2D eigenvalue weighted by Crippen LogP contribution is 2.28. The van der Waals surface area contributed by atoms with Crippen LogP contribution in [0, 0.1) is 0 Å². The molecule has 21 heavy (non-hydrogen) atoms. The number of thiazole rings is 1. The molecule has 3 rings (SSSR count). The number of anilines is 1. The zero-order chi connectivity index (χ0) is 14.8. The normalized spacial score (nSPS) is 10.8. The quantitative estimate of drug-likeness (QED) is 0.756. The second kappa shape index (κ2) is 5.84. The number of nitrogens with one attached hydrogen (secondary N) is 1. The van der Waals surface area contributed by atoms with Crippen LogP contribution in [-0.4, -0.2) is 10.9 Å². The summed E-state index contributed by atoms with van der Waals surface area (Å²) in [5.41, 5.74) is 2.72. The van der Waals surface area contributed by atoms with Gasteiger partial charge in [-0.1, -0.05) is 42.0 Å². The number of hydrogen-bond donors (Lipinski definition) is 1. The minimum atomic E-state index is -0.177. The summed E-state index contributed by atoms with van der Waals surface area (Å²) in [4.78, 5) is 16.7. The zero-order valence-corrected chi connectivity index (χ0v) is 13.0. The van der Waals surface area contributed by atoms with Crippen molar-refractivity contribution in [2.45, 2.75) is 13.3 Å². The van der Waals surface area contributed by atoms with Gasteiger partial charge in [0.2, 0.25) is 0 Å². The molecular weight excluding hydrogens is 304 g/mol. The average molecular weight is 317 g/mol. The number of hydrogen-bond acceptors (Lipinski definition) is 3. The lowest BCUT2D eigenvalue weighted by atomic mass is 10.1. The molecule has 0 fully saturated rings. The number of nitrogens with zero attached hydrogens (tertiary/aromatic N) is 1. The Morgan fingerprint density at radius 2 is 2.00 bits per heavy atom. The van der Waals surface area contributed by atoms with Crippen molar-refractivity contribution in [3.05, 3.63) is 58.6 Å². The van der Waals surface area contributed by atoms with Gasteiger partial charge in [0.05, 0.1) is 10.2 Å². The van der Waals surface area contributed by atoms with Crippen LogP contribution in [0.1, 0.15) is 22.8 Å². The van der Waals surface area contributed by atoms with E-state index in [4.69, 9.17) is 11.6 Å². The smallest absolute Gasteiger partial charge is 0.257 e. The average Bonchev–Trinajstić information content (AvgIpc) is 2.90. The van der Waals surface area contributed by atoms with Crippen LogP contribution in [-0.2, 0) is 6.42 Å². The van der Waals surface area contributed by atoms with E-state index >= 15 is 0 Å². The van der Waals surface area contributed by atoms with Crippen molar-refractivity contribution in [3.8, 4) is 0 Å². The van der Waals surface area contributed by atoms with E-state index in [1.54, 1.807) is 24.3 Å². The number of para-hydroxylation sites is 1. The van der Waals surface area contributed by atoms with Gasteiger partial charge in [-0.2, -0.15) is 0 Å². The number of benzene rings is 2. The molecule has 1 amide bonds. The van der Waals surface area contributed by atoms with Gasteiger partial charge in [0.1, 0.15) is 0 Å². The molecule has 1 aromatic heterocycles. The fraction of sp³-hybridized carbons (Fsp3) is 0.125. The molecule has 0 aliphatic carbocycles. The van der Waals surface area contributed by atoms with Gasteiger partial charge < -0.3 is 0 Å². The maximum atomic E-state index is 12.2. The summed E-state index contributed by atoms with van der Waals surface area (Å²) < 4.78 is 1.08. The van der Waals surface area contributed by atoms with E-state index in [-0.39, 0.29) is 5.91 Å². The van der Waals surface area contributed by atoms with Crippen LogP contribution in [0.4, 0.5) is 5.13 Å². The molecule has 0 saturated heterocycles. The third-order valence-electron chi connectivity index (χ3n) is 3.21. The molecular formula is C16H13ClN2OS. The van der Waals surface area contributed by atoms with E-state index in [1.807, 2.05) is 12.1 Å². The number of rotatable bonds is 3. The van der Waals surface area contributed by atoms with Gasteiger partial charge in [0.25, 0.3) is 5.91 Å². The molecule has 0 unspecified atom stereocenters. The standard InChI is InChI=1S/C16H13ClN2OS/c1-2-10-4-3-5-13-14(10)18-16(21-13)19-15(20)11-6-8-12(17)9-7-11/h3-9H,2H2,1H3,(H,18,19,20). The first-order chi connectivity index (χ1) is 10.2. The first kappa shape index (κ1) is 14.0. The molecule has 2 aromatic carbocycles. The van der Waals surface area contributed by atoms with E-state index in [2.05, 4.69) is 23.3 Å². The Bertz CT molecular complexity index is 796. The Morgan fingerprint density at radius 1 is 1.24 bits per heavy atom. The minimum Gasteiger partial charge on any atom is -0.298 e. The van der Waals surface area contributed by atoms with E-state index in [0.29, 0.717) is 15.7 Å². The Labute approximate surface area is 131 Å². The maximum Gasteiger partial charge on any atom is 0.257 e. The molecule has 3 aromatic rings. The molecule has 0 spiro atoms. The van der Waals surface area contributed by atoms with Crippen LogP contribution in [0.2, 0.25) is 5.02 Å². The first-order valence-electron chi connectivity index (χ1n) is 6.62. The van der Waals surface area contributed by atoms with Crippen LogP contribution < -0.4 is 5.32 Å². The highest BCUT2D eigenvalue weighted by atomic mass is 35.5. The van der Waals surface area contributed by atoms with E-state index < -0.39 is 0 Å². The Hall–Kier alpha value is -1.91. The van der Waals surface area contributed by atoms with Gasteiger partial charge in [-0.3, -0.25) is 10.1 Å². The largest absolute Gasteiger partial charge is 0.298 e. The van der Waals surface area contributed by atoms with Crippen LogP contribution >= 0.6 is 22.9 Å². The van der Waals surface area contributed by atoms with Crippen molar-refractivity contribution >= 4 is 44.2 Å². The summed E-state index contributed by atoms with van der Waals surface area (Å²) in [6.07, 6.45) is 0.922. The summed E-state index contributed by atoms with van der Waals surface area (Å²) in [7, 11) is 0. The van der Waals surface area contributed by atoms with Crippen LogP contribution in [0.25, 0.3) is 10.2 Å². The van der Waals surface area contributed by atoms with Gasteiger partial charge in [-0.15, -0.1) is 0 Å². The van der Waals surface area contributed by atoms with Gasteiger partial charge in [-0.05, 0) is 42.3 Å². The Balaban J connectivity index is 1.88. The summed E-state index contributed by atoms with van der Waals surface area (Å²) in [5.74, 6) is -0.177. The van der Waals surface area contributed by atoms with Crippen molar-refractivity contribution in [1.29, 1.82) is 0 Å². The molecule has 1 heterocycles. The molecule has 0 bridgehead atoms. The molecule has 0 radical (unpaired) electrons. The topological polar surface area (TPSA) is 42.0 Å². The molecule has 1 N–H and O–H groups in total. The molecule has 0 aliphatic rings. The highest BCUT2D eigenvalue weighted by Gasteiger charge is 2.11. The van der Waals surface area contributed by atoms with Crippen molar-refractivity contribution < 1.29 is 4.79 Å². The summed E-state index contributed by atoms with van der Waals surface area (Å²) in [6.45, 7) is 2.10. The Morgan fingerprint density at radius 3 is 2.71 bits per heavy atom. The number of aromatic nitrogens is 1. The van der Waals surface area contributed by atoms with Gasteiger partial charge >= 0.3 is 0 Å². The number of fused-ring (bicyclic) bond motifs is 1. The predicted molar refractivity (Wildman–Crippen MR) is 88.4 cm³/mol. The summed E-state index contributed by atoms with van der Waals surface area (Å²) in [5, 5.41) is 4.07. The monoisotopic (exact) mass is 316 g/mol. The van der Waals surface area contributed by atoms with Crippen LogP contribution in [0.5, 0.6) is 0 Å².